The van der Waals surface area contributed by atoms with Gasteiger partial charge in [0, 0.05) is 58.1 Å². The molecule has 2 fully saturated rings. The van der Waals surface area contributed by atoms with Gasteiger partial charge < -0.3 is 14.9 Å². The van der Waals surface area contributed by atoms with Gasteiger partial charge in [0.25, 0.3) is 0 Å². The van der Waals surface area contributed by atoms with Crippen LogP contribution in [0, 0.1) is 11.7 Å². The smallest absolute Gasteiger partial charge is 0.167 e. The van der Waals surface area contributed by atoms with Gasteiger partial charge in [-0.1, -0.05) is 11.6 Å². The number of pyridine rings is 1. The molecule has 2 atom stereocenters. The monoisotopic (exact) mass is 370 g/mol. The van der Waals surface area contributed by atoms with E-state index in [2.05, 4.69) is 21.8 Å². The average molecular weight is 371 g/mol. The Morgan fingerprint density at radius 1 is 1.28 bits per heavy atom. The SMILES string of the molecule is CN1CCN([C@H]2CCN(c3ncc(Cl)cc3F)C[C@H]2CCCO)CC1. The molecule has 1 N–H and O–H groups in total. The molecule has 0 unspecified atom stereocenters. The Morgan fingerprint density at radius 2 is 2.04 bits per heavy atom. The third kappa shape index (κ3) is 4.61. The maximum atomic E-state index is 14.3. The number of piperazine rings is 1. The van der Waals surface area contributed by atoms with Crippen LogP contribution < -0.4 is 4.90 Å². The Morgan fingerprint density at radius 3 is 2.72 bits per heavy atom. The molecule has 2 saturated heterocycles. The molecule has 2 aliphatic rings. The van der Waals surface area contributed by atoms with Crippen molar-refractivity contribution >= 4 is 17.4 Å². The van der Waals surface area contributed by atoms with E-state index in [0.29, 0.717) is 22.8 Å². The molecular formula is C18H28ClFN4O. The van der Waals surface area contributed by atoms with Crippen LogP contribution >= 0.6 is 11.6 Å². The highest BCUT2D eigenvalue weighted by Gasteiger charge is 2.35. The predicted octanol–water partition coefficient (Wildman–Crippen LogP) is 2.09. The molecule has 3 rings (SSSR count). The zero-order valence-corrected chi connectivity index (χ0v) is 15.6. The first kappa shape index (κ1) is 18.8. The summed E-state index contributed by atoms with van der Waals surface area (Å²) in [4.78, 5) is 11.2. The van der Waals surface area contributed by atoms with Crippen molar-refractivity contribution in [2.45, 2.75) is 25.3 Å². The highest BCUT2D eigenvalue weighted by atomic mass is 35.5. The van der Waals surface area contributed by atoms with Gasteiger partial charge in [0.1, 0.15) is 0 Å². The molecule has 0 aliphatic carbocycles. The first-order chi connectivity index (χ1) is 12.1. The Bertz CT molecular complexity index is 568. The van der Waals surface area contributed by atoms with Crippen molar-refractivity contribution in [2.24, 2.45) is 5.92 Å². The summed E-state index contributed by atoms with van der Waals surface area (Å²) in [6.45, 7) is 6.16. The van der Waals surface area contributed by atoms with Crippen LogP contribution in [0.5, 0.6) is 0 Å². The fourth-order valence-electron chi connectivity index (χ4n) is 4.12. The van der Waals surface area contributed by atoms with E-state index in [0.717, 1.165) is 58.5 Å². The summed E-state index contributed by atoms with van der Waals surface area (Å²) < 4.78 is 14.3. The number of halogens is 2. The Kier molecular flexibility index (Phi) is 6.49. The molecule has 0 amide bonds. The lowest BCUT2D eigenvalue weighted by Crippen LogP contribution is -2.56. The number of piperidine rings is 1. The van der Waals surface area contributed by atoms with E-state index in [1.165, 1.54) is 12.3 Å². The molecule has 5 nitrogen and oxygen atoms in total. The van der Waals surface area contributed by atoms with Gasteiger partial charge >= 0.3 is 0 Å². The molecule has 25 heavy (non-hydrogen) atoms. The van der Waals surface area contributed by atoms with Crippen molar-refractivity contribution in [3.63, 3.8) is 0 Å². The van der Waals surface area contributed by atoms with Crippen molar-refractivity contribution in [3.8, 4) is 0 Å². The average Bonchev–Trinajstić information content (AvgIpc) is 2.60. The van der Waals surface area contributed by atoms with Crippen LogP contribution in [0.15, 0.2) is 12.3 Å². The van der Waals surface area contributed by atoms with Crippen LogP contribution in [0.4, 0.5) is 10.2 Å². The van der Waals surface area contributed by atoms with E-state index in [-0.39, 0.29) is 12.4 Å². The topological polar surface area (TPSA) is 42.8 Å². The summed E-state index contributed by atoms with van der Waals surface area (Å²) >= 11 is 5.83. The van der Waals surface area contributed by atoms with Crippen molar-refractivity contribution in [2.75, 3.05) is 57.8 Å². The third-order valence-corrected chi connectivity index (χ3v) is 5.73. The molecule has 0 bridgehead atoms. The normalized spacial score (nSPS) is 26.2. The van der Waals surface area contributed by atoms with Gasteiger partial charge in [-0.25, -0.2) is 9.37 Å². The second-order valence-electron chi connectivity index (χ2n) is 7.23. The highest BCUT2D eigenvalue weighted by Crippen LogP contribution is 2.30. The minimum absolute atomic E-state index is 0.208. The van der Waals surface area contributed by atoms with E-state index in [9.17, 15) is 9.50 Å². The lowest BCUT2D eigenvalue weighted by Gasteiger charge is -2.46. The van der Waals surface area contributed by atoms with Gasteiger partial charge in [-0.05, 0) is 38.3 Å². The molecule has 0 saturated carbocycles. The molecule has 7 heteroatoms. The number of anilines is 1. The van der Waals surface area contributed by atoms with Crippen molar-refractivity contribution in [1.29, 1.82) is 0 Å². The maximum Gasteiger partial charge on any atom is 0.167 e. The van der Waals surface area contributed by atoms with Crippen LogP contribution in [0.1, 0.15) is 19.3 Å². The van der Waals surface area contributed by atoms with Gasteiger partial charge in [-0.15, -0.1) is 0 Å². The number of hydrogen-bond acceptors (Lipinski definition) is 5. The molecule has 1 aromatic heterocycles. The quantitative estimate of drug-likeness (QED) is 0.859. The van der Waals surface area contributed by atoms with Crippen LogP contribution in [-0.4, -0.2) is 78.9 Å². The molecule has 0 spiro atoms. The van der Waals surface area contributed by atoms with Gasteiger partial charge in [0.2, 0.25) is 0 Å². The molecule has 0 radical (unpaired) electrons. The van der Waals surface area contributed by atoms with E-state index < -0.39 is 0 Å². The van der Waals surface area contributed by atoms with E-state index in [1.807, 2.05) is 4.90 Å². The van der Waals surface area contributed by atoms with Crippen LogP contribution in [0.2, 0.25) is 5.02 Å². The third-order valence-electron chi connectivity index (χ3n) is 5.52. The summed E-state index contributed by atoms with van der Waals surface area (Å²) in [5, 5.41) is 9.59. The van der Waals surface area contributed by atoms with Crippen molar-refractivity contribution < 1.29 is 9.50 Å². The number of nitrogens with zero attached hydrogens (tertiary/aromatic N) is 4. The zero-order valence-electron chi connectivity index (χ0n) is 14.9. The van der Waals surface area contributed by atoms with Gasteiger partial charge in [-0.3, -0.25) is 4.90 Å². The van der Waals surface area contributed by atoms with Gasteiger partial charge in [0.15, 0.2) is 11.6 Å². The first-order valence-corrected chi connectivity index (χ1v) is 9.55. The van der Waals surface area contributed by atoms with Gasteiger partial charge in [0.05, 0.1) is 5.02 Å². The highest BCUT2D eigenvalue weighted by molar-refractivity contribution is 6.30. The Hall–Kier alpha value is -0.950. The largest absolute Gasteiger partial charge is 0.396 e. The van der Waals surface area contributed by atoms with Crippen molar-refractivity contribution in [3.05, 3.63) is 23.1 Å². The van der Waals surface area contributed by atoms with Crippen LogP contribution in [0.25, 0.3) is 0 Å². The minimum atomic E-state index is -0.355. The lowest BCUT2D eigenvalue weighted by molar-refractivity contribution is 0.0636. The number of aliphatic hydroxyl groups excluding tert-OH is 1. The van der Waals surface area contributed by atoms with Gasteiger partial charge in [-0.2, -0.15) is 0 Å². The van der Waals surface area contributed by atoms with Crippen LogP contribution in [0.3, 0.4) is 0 Å². The number of rotatable bonds is 5. The first-order valence-electron chi connectivity index (χ1n) is 9.18. The summed E-state index contributed by atoms with van der Waals surface area (Å²) in [6, 6.07) is 1.84. The number of aliphatic hydroxyl groups is 1. The fourth-order valence-corrected chi connectivity index (χ4v) is 4.27. The van der Waals surface area contributed by atoms with Crippen molar-refractivity contribution in [1.82, 2.24) is 14.8 Å². The van der Waals surface area contributed by atoms with Crippen LogP contribution in [-0.2, 0) is 0 Å². The molecule has 3 heterocycles. The number of likely N-dealkylation sites (N-methyl/N-ethyl adjacent to an activating group) is 1. The zero-order chi connectivity index (χ0) is 17.8. The second kappa shape index (κ2) is 8.62. The molecule has 140 valence electrons. The molecule has 0 aromatic carbocycles. The fraction of sp³-hybridized carbons (Fsp3) is 0.722. The number of aromatic nitrogens is 1. The molecular weight excluding hydrogens is 343 g/mol. The minimum Gasteiger partial charge on any atom is -0.396 e. The summed E-state index contributed by atoms with van der Waals surface area (Å²) in [6.07, 6.45) is 4.26. The van der Waals surface area contributed by atoms with E-state index >= 15 is 0 Å². The maximum absolute atomic E-state index is 14.3. The summed E-state index contributed by atoms with van der Waals surface area (Å²) in [7, 11) is 2.16. The standard InChI is InChI=1S/C18H28ClFN4O/c1-22-6-8-23(9-7-22)17-4-5-24(13-14(17)3-2-10-25)18-16(20)11-15(19)12-21-18/h11-12,14,17,25H,2-10,13H2,1H3/t14-,17+/m1/s1. The number of hydrogen-bond donors (Lipinski definition) is 1. The molecule has 2 aliphatic heterocycles. The Labute approximate surface area is 154 Å². The molecule has 1 aromatic rings. The van der Waals surface area contributed by atoms with E-state index in [4.69, 9.17) is 11.6 Å². The second-order valence-corrected chi connectivity index (χ2v) is 7.66. The summed E-state index contributed by atoms with van der Waals surface area (Å²) in [5.74, 6) is 0.461. The predicted molar refractivity (Wildman–Crippen MR) is 98.7 cm³/mol. The summed E-state index contributed by atoms with van der Waals surface area (Å²) in [5.41, 5.74) is 0. The van der Waals surface area contributed by atoms with E-state index in [1.54, 1.807) is 0 Å². The lowest BCUT2D eigenvalue weighted by atomic mass is 9.86. The Balaban J connectivity index is 1.71.